The third-order valence-electron chi connectivity index (χ3n) is 4.85. The second-order valence-corrected chi connectivity index (χ2v) is 7.17. The van der Waals surface area contributed by atoms with E-state index >= 15 is 0 Å². The molecule has 1 amide bonds. The van der Waals surface area contributed by atoms with Crippen LogP contribution >= 0.6 is 0 Å². The first-order valence-corrected chi connectivity index (χ1v) is 10.2. The predicted octanol–water partition coefficient (Wildman–Crippen LogP) is 4.42. The van der Waals surface area contributed by atoms with Crippen molar-refractivity contribution in [3.8, 4) is 34.3 Å². The molecule has 0 unspecified atom stereocenters. The number of hydrogen-bond donors (Lipinski definition) is 1. The fourth-order valence-corrected chi connectivity index (χ4v) is 3.24. The minimum absolute atomic E-state index is 0.148. The molecule has 1 aromatic heterocycles. The van der Waals surface area contributed by atoms with E-state index in [0.717, 1.165) is 22.4 Å². The van der Waals surface area contributed by atoms with Crippen LogP contribution in [0.25, 0.3) is 22.8 Å². The summed E-state index contributed by atoms with van der Waals surface area (Å²) >= 11 is 0. The molecule has 7 heteroatoms. The number of ether oxygens (including phenoxy) is 2. The zero-order valence-corrected chi connectivity index (χ0v) is 17.9. The van der Waals surface area contributed by atoms with Crippen molar-refractivity contribution in [3.05, 3.63) is 83.9 Å². The smallest absolute Gasteiger partial charge is 0.262 e. The van der Waals surface area contributed by atoms with Crippen LogP contribution in [0.2, 0.25) is 0 Å². The van der Waals surface area contributed by atoms with E-state index in [1.54, 1.807) is 13.2 Å². The van der Waals surface area contributed by atoms with Crippen molar-refractivity contribution in [1.82, 2.24) is 15.5 Å². The van der Waals surface area contributed by atoms with Gasteiger partial charge in [0.2, 0.25) is 5.82 Å². The maximum atomic E-state index is 12.3. The largest absolute Gasteiger partial charge is 0.496 e. The topological polar surface area (TPSA) is 86.5 Å². The van der Waals surface area contributed by atoms with Crippen molar-refractivity contribution in [3.63, 3.8) is 0 Å². The molecule has 3 aromatic carbocycles. The fourth-order valence-electron chi connectivity index (χ4n) is 3.24. The molecular weight excluding hydrogens is 406 g/mol. The molecule has 0 saturated carbocycles. The van der Waals surface area contributed by atoms with Gasteiger partial charge in [-0.05, 0) is 31.2 Å². The number of carbonyl (C=O) groups is 1. The van der Waals surface area contributed by atoms with Gasteiger partial charge in [-0.1, -0.05) is 59.3 Å². The van der Waals surface area contributed by atoms with Gasteiger partial charge in [-0.2, -0.15) is 4.98 Å². The molecule has 0 fully saturated rings. The Morgan fingerprint density at radius 2 is 1.78 bits per heavy atom. The molecule has 0 saturated heterocycles. The van der Waals surface area contributed by atoms with E-state index in [1.165, 1.54) is 0 Å². The number of benzene rings is 3. The summed E-state index contributed by atoms with van der Waals surface area (Å²) in [5, 5.41) is 6.93. The van der Waals surface area contributed by atoms with Crippen LogP contribution in [0.5, 0.6) is 11.5 Å². The number of rotatable bonds is 8. The van der Waals surface area contributed by atoms with Gasteiger partial charge in [-0.15, -0.1) is 0 Å². The molecular formula is C25H23N3O4. The molecule has 32 heavy (non-hydrogen) atoms. The van der Waals surface area contributed by atoms with Gasteiger partial charge in [0.15, 0.2) is 6.61 Å². The Labute approximate surface area is 186 Å². The SMILES string of the molecule is COc1ccccc1CNC(=O)COc1ccccc1-c1nc(-c2cccc(C)c2)no1. The highest BCUT2D eigenvalue weighted by Crippen LogP contribution is 2.30. The van der Waals surface area contributed by atoms with Gasteiger partial charge < -0.3 is 19.3 Å². The van der Waals surface area contributed by atoms with Crippen molar-refractivity contribution in [1.29, 1.82) is 0 Å². The maximum Gasteiger partial charge on any atom is 0.262 e. The van der Waals surface area contributed by atoms with E-state index in [4.69, 9.17) is 14.0 Å². The van der Waals surface area contributed by atoms with Gasteiger partial charge in [0.25, 0.3) is 11.8 Å². The molecule has 4 aromatic rings. The minimum atomic E-state index is -0.253. The zero-order chi connectivity index (χ0) is 22.3. The average molecular weight is 429 g/mol. The second kappa shape index (κ2) is 9.78. The number of para-hydroxylation sites is 2. The van der Waals surface area contributed by atoms with Crippen molar-refractivity contribution < 1.29 is 18.8 Å². The molecule has 0 aliphatic carbocycles. The number of methoxy groups -OCH3 is 1. The summed E-state index contributed by atoms with van der Waals surface area (Å²) in [6.45, 7) is 2.20. The van der Waals surface area contributed by atoms with Gasteiger partial charge in [0.1, 0.15) is 11.5 Å². The van der Waals surface area contributed by atoms with Crippen molar-refractivity contribution in [2.24, 2.45) is 0 Å². The lowest BCUT2D eigenvalue weighted by molar-refractivity contribution is -0.123. The van der Waals surface area contributed by atoms with E-state index in [2.05, 4.69) is 15.5 Å². The van der Waals surface area contributed by atoms with Gasteiger partial charge in [0, 0.05) is 17.7 Å². The molecule has 162 valence electrons. The molecule has 1 heterocycles. The van der Waals surface area contributed by atoms with E-state index in [1.807, 2.05) is 73.7 Å². The van der Waals surface area contributed by atoms with Crippen LogP contribution in [0.1, 0.15) is 11.1 Å². The Hall–Kier alpha value is -4.13. The molecule has 7 nitrogen and oxygen atoms in total. The second-order valence-electron chi connectivity index (χ2n) is 7.17. The first kappa shape index (κ1) is 21.1. The van der Waals surface area contributed by atoms with Crippen molar-refractivity contribution in [2.75, 3.05) is 13.7 Å². The van der Waals surface area contributed by atoms with Gasteiger partial charge in [-0.3, -0.25) is 4.79 Å². The Morgan fingerprint density at radius 3 is 2.59 bits per heavy atom. The summed E-state index contributed by atoms with van der Waals surface area (Å²) in [7, 11) is 1.60. The highest BCUT2D eigenvalue weighted by molar-refractivity contribution is 5.78. The van der Waals surface area contributed by atoms with Crippen LogP contribution in [0, 0.1) is 6.92 Å². The molecule has 0 spiro atoms. The van der Waals surface area contributed by atoms with Crippen molar-refractivity contribution in [2.45, 2.75) is 13.5 Å². The van der Waals surface area contributed by atoms with Crippen LogP contribution < -0.4 is 14.8 Å². The highest BCUT2D eigenvalue weighted by Gasteiger charge is 2.16. The number of aromatic nitrogens is 2. The van der Waals surface area contributed by atoms with Crippen LogP contribution in [0.3, 0.4) is 0 Å². The summed E-state index contributed by atoms with van der Waals surface area (Å²) in [6.07, 6.45) is 0. The lowest BCUT2D eigenvalue weighted by Gasteiger charge is -2.11. The fraction of sp³-hybridized carbons (Fsp3) is 0.160. The predicted molar refractivity (Wildman–Crippen MR) is 120 cm³/mol. The van der Waals surface area contributed by atoms with Gasteiger partial charge >= 0.3 is 0 Å². The molecule has 0 atom stereocenters. The minimum Gasteiger partial charge on any atom is -0.496 e. The summed E-state index contributed by atoms with van der Waals surface area (Å²) in [5.74, 6) is 1.77. The summed E-state index contributed by atoms with van der Waals surface area (Å²) in [5.41, 5.74) is 3.49. The number of carbonyl (C=O) groups excluding carboxylic acids is 1. The first-order chi connectivity index (χ1) is 15.6. The number of nitrogens with zero attached hydrogens (tertiary/aromatic N) is 2. The lowest BCUT2D eigenvalue weighted by Crippen LogP contribution is -2.28. The number of aryl methyl sites for hydroxylation is 1. The zero-order valence-electron chi connectivity index (χ0n) is 17.9. The van der Waals surface area contributed by atoms with Gasteiger partial charge in [0.05, 0.1) is 12.7 Å². The van der Waals surface area contributed by atoms with E-state index in [0.29, 0.717) is 29.6 Å². The Morgan fingerprint density at radius 1 is 1.00 bits per heavy atom. The number of hydrogen-bond acceptors (Lipinski definition) is 6. The molecule has 0 radical (unpaired) electrons. The Balaban J connectivity index is 1.42. The van der Waals surface area contributed by atoms with Crippen LogP contribution in [0.15, 0.2) is 77.3 Å². The number of nitrogens with one attached hydrogen (secondary N) is 1. The maximum absolute atomic E-state index is 12.3. The highest BCUT2D eigenvalue weighted by atomic mass is 16.5. The molecule has 0 bridgehead atoms. The van der Waals surface area contributed by atoms with Crippen molar-refractivity contribution >= 4 is 5.91 Å². The number of amides is 1. The standard InChI is InChI=1S/C25H23N3O4/c1-17-8-7-10-18(14-17)24-27-25(32-28-24)20-11-4-6-13-22(20)31-16-23(29)26-15-19-9-3-5-12-21(19)30-2/h3-14H,15-16H2,1-2H3,(H,26,29). The van der Waals surface area contributed by atoms with E-state index in [9.17, 15) is 4.79 Å². The van der Waals surface area contributed by atoms with Crippen LogP contribution in [-0.2, 0) is 11.3 Å². The monoisotopic (exact) mass is 429 g/mol. The third-order valence-corrected chi connectivity index (χ3v) is 4.85. The summed E-state index contributed by atoms with van der Waals surface area (Å²) in [6, 6.07) is 22.6. The lowest BCUT2D eigenvalue weighted by atomic mass is 10.1. The van der Waals surface area contributed by atoms with E-state index < -0.39 is 0 Å². The average Bonchev–Trinajstić information content (AvgIpc) is 3.32. The molecule has 1 N–H and O–H groups in total. The van der Waals surface area contributed by atoms with E-state index in [-0.39, 0.29) is 12.5 Å². The summed E-state index contributed by atoms with van der Waals surface area (Å²) in [4.78, 5) is 16.8. The Kier molecular flexibility index (Phi) is 6.46. The summed E-state index contributed by atoms with van der Waals surface area (Å²) < 4.78 is 16.5. The van der Waals surface area contributed by atoms with Crippen LogP contribution in [0.4, 0.5) is 0 Å². The third kappa shape index (κ3) is 4.95. The first-order valence-electron chi connectivity index (χ1n) is 10.2. The normalized spacial score (nSPS) is 10.6. The molecule has 0 aliphatic heterocycles. The van der Waals surface area contributed by atoms with Crippen LogP contribution in [-0.4, -0.2) is 29.8 Å². The molecule has 0 aliphatic rings. The van der Waals surface area contributed by atoms with Gasteiger partial charge in [-0.25, -0.2) is 0 Å². The molecule has 4 rings (SSSR count). The Bertz CT molecular complexity index is 1220. The quantitative estimate of drug-likeness (QED) is 0.446.